The third kappa shape index (κ3) is 62.8. The molecule has 5 atom stereocenters. The average molecular weight is 1300 g/mol. The molecule has 0 aliphatic heterocycles. The maximum Gasteiger partial charge on any atom is 0.472 e. The van der Waals surface area contributed by atoms with Crippen molar-refractivity contribution < 1.29 is 80.2 Å². The van der Waals surface area contributed by atoms with Crippen LogP contribution in [0.15, 0.2) is 0 Å². The van der Waals surface area contributed by atoms with Gasteiger partial charge in [0.25, 0.3) is 0 Å². The maximum absolute atomic E-state index is 13.0. The standard InChI is InChI=1S/C69H134O17P2/c1-7-9-11-13-15-17-18-19-23-27-34-40-46-52-67(72)80-58-64(85-68(73)53-47-41-35-28-24-21-20-22-26-31-37-43-49-61(3)4)59-83-87(75,76)81-55-63(70)56-82-88(77,78)84-60-65(57-79-66(71)51-45-39-33-25-16-14-12-10-8-2)86-69(74)54-48-42-36-30-29-32-38-44-50-62(5)6/h61-65,70H,7-60H2,1-6H3,(H,75,76)(H,77,78)/t63-,64-,65-/m1/s1. The molecule has 17 nitrogen and oxygen atoms in total. The molecule has 88 heavy (non-hydrogen) atoms. The molecule has 0 aromatic carbocycles. The molecule has 2 unspecified atom stereocenters. The van der Waals surface area contributed by atoms with E-state index in [9.17, 15) is 43.2 Å². The van der Waals surface area contributed by atoms with Gasteiger partial charge in [0.15, 0.2) is 12.2 Å². The van der Waals surface area contributed by atoms with Crippen LogP contribution in [0.5, 0.6) is 0 Å². The highest BCUT2D eigenvalue weighted by molar-refractivity contribution is 7.47. The van der Waals surface area contributed by atoms with Gasteiger partial charge >= 0.3 is 39.5 Å². The highest BCUT2D eigenvalue weighted by atomic mass is 31.2. The molecule has 0 heterocycles. The topological polar surface area (TPSA) is 237 Å². The van der Waals surface area contributed by atoms with Crippen LogP contribution in [0.25, 0.3) is 0 Å². The number of rotatable bonds is 68. The zero-order valence-corrected chi connectivity index (χ0v) is 58.8. The molecule has 0 saturated heterocycles. The molecular weight excluding hydrogens is 1160 g/mol. The lowest BCUT2D eigenvalue weighted by atomic mass is 10.0. The van der Waals surface area contributed by atoms with Crippen LogP contribution in [-0.4, -0.2) is 96.7 Å². The highest BCUT2D eigenvalue weighted by Crippen LogP contribution is 2.45. The molecule has 0 aliphatic carbocycles. The van der Waals surface area contributed by atoms with Crippen molar-refractivity contribution in [1.29, 1.82) is 0 Å². The van der Waals surface area contributed by atoms with Gasteiger partial charge in [-0.15, -0.1) is 0 Å². The second-order valence-electron chi connectivity index (χ2n) is 25.9. The molecule has 0 saturated carbocycles. The Morgan fingerprint density at radius 1 is 0.307 bits per heavy atom. The molecule has 0 rings (SSSR count). The third-order valence-electron chi connectivity index (χ3n) is 16.0. The lowest BCUT2D eigenvalue weighted by Gasteiger charge is -2.21. The summed E-state index contributed by atoms with van der Waals surface area (Å²) in [6.07, 6.45) is 45.8. The van der Waals surface area contributed by atoms with Gasteiger partial charge < -0.3 is 33.8 Å². The number of carbonyl (C=O) groups excluding carboxylic acids is 4. The van der Waals surface area contributed by atoms with E-state index in [-0.39, 0.29) is 25.7 Å². The number of aliphatic hydroxyl groups is 1. The van der Waals surface area contributed by atoms with Crippen molar-refractivity contribution in [2.75, 3.05) is 39.6 Å². The lowest BCUT2D eigenvalue weighted by molar-refractivity contribution is -0.161. The summed E-state index contributed by atoms with van der Waals surface area (Å²) in [4.78, 5) is 72.4. The van der Waals surface area contributed by atoms with Crippen LogP contribution in [0.1, 0.15) is 350 Å². The Labute approximate surface area is 537 Å². The van der Waals surface area contributed by atoms with Gasteiger partial charge in [-0.05, 0) is 37.5 Å². The Balaban J connectivity index is 5.24. The predicted molar refractivity (Wildman–Crippen MR) is 354 cm³/mol. The zero-order chi connectivity index (χ0) is 65.0. The molecular formula is C69H134O17P2. The van der Waals surface area contributed by atoms with Crippen molar-refractivity contribution in [1.82, 2.24) is 0 Å². The van der Waals surface area contributed by atoms with Crippen molar-refractivity contribution in [3.05, 3.63) is 0 Å². The number of hydrogen-bond donors (Lipinski definition) is 3. The van der Waals surface area contributed by atoms with Crippen LogP contribution >= 0.6 is 15.6 Å². The number of esters is 4. The van der Waals surface area contributed by atoms with Crippen LogP contribution < -0.4 is 0 Å². The van der Waals surface area contributed by atoms with Gasteiger partial charge in [0.2, 0.25) is 0 Å². The number of aliphatic hydroxyl groups excluding tert-OH is 1. The first-order valence-electron chi connectivity index (χ1n) is 36.0. The highest BCUT2D eigenvalue weighted by Gasteiger charge is 2.30. The van der Waals surface area contributed by atoms with Crippen molar-refractivity contribution in [3.8, 4) is 0 Å². The summed E-state index contributed by atoms with van der Waals surface area (Å²) >= 11 is 0. The van der Waals surface area contributed by atoms with E-state index >= 15 is 0 Å². The normalized spacial score (nSPS) is 14.2. The fourth-order valence-electron chi connectivity index (χ4n) is 10.4. The number of hydrogen-bond acceptors (Lipinski definition) is 15. The van der Waals surface area contributed by atoms with Crippen LogP contribution in [0.3, 0.4) is 0 Å². The first-order valence-corrected chi connectivity index (χ1v) is 39.0. The number of carbonyl (C=O) groups is 4. The second-order valence-corrected chi connectivity index (χ2v) is 28.8. The fourth-order valence-corrected chi connectivity index (χ4v) is 12.0. The summed E-state index contributed by atoms with van der Waals surface area (Å²) in [6.45, 7) is 9.50. The second kappa shape index (κ2) is 61.3. The summed E-state index contributed by atoms with van der Waals surface area (Å²) in [5.41, 5.74) is 0. The number of ether oxygens (including phenoxy) is 4. The lowest BCUT2D eigenvalue weighted by Crippen LogP contribution is -2.30. The van der Waals surface area contributed by atoms with Gasteiger partial charge in [-0.3, -0.25) is 37.3 Å². The molecule has 0 spiro atoms. The van der Waals surface area contributed by atoms with E-state index in [1.165, 1.54) is 167 Å². The minimum atomic E-state index is -4.95. The molecule has 3 N–H and O–H groups in total. The molecule has 0 fully saturated rings. The molecule has 0 amide bonds. The van der Waals surface area contributed by atoms with Gasteiger partial charge in [-0.2, -0.15) is 0 Å². The minimum Gasteiger partial charge on any atom is -0.462 e. The third-order valence-corrected chi connectivity index (χ3v) is 17.9. The number of phosphoric acid groups is 2. The van der Waals surface area contributed by atoms with Crippen LogP contribution in [0, 0.1) is 11.8 Å². The van der Waals surface area contributed by atoms with Gasteiger partial charge in [0.05, 0.1) is 26.4 Å². The van der Waals surface area contributed by atoms with E-state index < -0.39 is 97.5 Å². The first-order chi connectivity index (χ1) is 42.4. The molecule has 0 bridgehead atoms. The van der Waals surface area contributed by atoms with E-state index in [0.717, 1.165) is 102 Å². The van der Waals surface area contributed by atoms with E-state index in [4.69, 9.17) is 37.0 Å². The summed E-state index contributed by atoms with van der Waals surface area (Å²) in [5, 5.41) is 10.6. The Morgan fingerprint density at radius 2 is 0.523 bits per heavy atom. The summed E-state index contributed by atoms with van der Waals surface area (Å²) in [5.74, 6) is -0.632. The fraction of sp³-hybridized carbons (Fsp3) is 0.942. The SMILES string of the molecule is CCCCCCCCCCCCCCCC(=O)OC[C@H](COP(=O)(O)OC[C@@H](O)COP(=O)(O)OC[C@@H](COC(=O)CCCCCCCCCCC)OC(=O)CCCCCCCCCCC(C)C)OC(=O)CCCCCCCCCCCCCCC(C)C. The minimum absolute atomic E-state index is 0.104. The zero-order valence-electron chi connectivity index (χ0n) is 57.0. The predicted octanol–water partition coefficient (Wildman–Crippen LogP) is 19.6. The monoisotopic (exact) mass is 1300 g/mol. The van der Waals surface area contributed by atoms with Gasteiger partial charge in [-0.1, -0.05) is 298 Å². The quantitative estimate of drug-likeness (QED) is 0.0222. The van der Waals surface area contributed by atoms with Crippen molar-refractivity contribution >= 4 is 39.5 Å². The van der Waals surface area contributed by atoms with Gasteiger partial charge in [0, 0.05) is 25.7 Å². The van der Waals surface area contributed by atoms with Gasteiger partial charge in [-0.25, -0.2) is 9.13 Å². The molecule has 0 aromatic heterocycles. The van der Waals surface area contributed by atoms with Crippen LogP contribution in [0.4, 0.5) is 0 Å². The van der Waals surface area contributed by atoms with Crippen LogP contribution in [0.2, 0.25) is 0 Å². The molecule has 19 heteroatoms. The average Bonchev–Trinajstić information content (AvgIpc) is 3.70. The largest absolute Gasteiger partial charge is 0.472 e. The van der Waals surface area contributed by atoms with E-state index in [0.29, 0.717) is 25.7 Å². The Bertz CT molecular complexity index is 1720. The van der Waals surface area contributed by atoms with Gasteiger partial charge in [0.1, 0.15) is 19.3 Å². The van der Waals surface area contributed by atoms with Crippen molar-refractivity contribution in [2.24, 2.45) is 11.8 Å². The summed E-state index contributed by atoms with van der Waals surface area (Å²) in [6, 6.07) is 0. The Kier molecular flexibility index (Phi) is 59.9. The van der Waals surface area contributed by atoms with E-state index in [1.54, 1.807) is 0 Å². The number of phosphoric ester groups is 2. The summed E-state index contributed by atoms with van der Waals surface area (Å²) in [7, 11) is -9.90. The first kappa shape index (κ1) is 86.1. The molecule has 0 aromatic rings. The Morgan fingerprint density at radius 3 is 0.773 bits per heavy atom. The molecule has 0 aliphatic rings. The smallest absolute Gasteiger partial charge is 0.462 e. The summed E-state index contributed by atoms with van der Waals surface area (Å²) < 4.78 is 68.2. The Hall–Kier alpha value is -1.94. The van der Waals surface area contributed by atoms with Crippen molar-refractivity contribution in [3.63, 3.8) is 0 Å². The van der Waals surface area contributed by atoms with E-state index in [2.05, 4.69) is 41.5 Å². The van der Waals surface area contributed by atoms with Crippen molar-refractivity contribution in [2.45, 2.75) is 368 Å². The molecule has 0 radical (unpaired) electrons. The van der Waals surface area contributed by atoms with E-state index in [1.807, 2.05) is 0 Å². The molecule has 522 valence electrons. The maximum atomic E-state index is 13.0. The number of unbranched alkanes of at least 4 members (excludes halogenated alkanes) is 38. The van der Waals surface area contributed by atoms with Crippen LogP contribution in [-0.2, 0) is 65.4 Å².